The largest absolute Gasteiger partial charge is 0.385 e. The van der Waals surface area contributed by atoms with E-state index in [-0.39, 0.29) is 5.41 Å². The Morgan fingerprint density at radius 1 is 0.920 bits per heavy atom. The smallest absolute Gasteiger partial charge is 0.0964 e. The fourth-order valence-electron chi connectivity index (χ4n) is 7.37. The molecule has 1 aromatic rings. The Morgan fingerprint density at radius 2 is 1.48 bits per heavy atom. The molecule has 25 heavy (non-hydrogen) atoms. The quantitative estimate of drug-likeness (QED) is 0.849. The zero-order valence-electron chi connectivity index (χ0n) is 15.5. The number of benzene rings is 1. The summed E-state index contributed by atoms with van der Waals surface area (Å²) in [5.41, 5.74) is 0.700. The number of hydrogen-bond donors (Lipinski definition) is 1. The molecule has 6 rings (SSSR count). The molecule has 5 aliphatic rings. The van der Waals surface area contributed by atoms with Gasteiger partial charge in [-0.1, -0.05) is 30.3 Å². The van der Waals surface area contributed by atoms with Crippen LogP contribution in [0.3, 0.4) is 0 Å². The van der Waals surface area contributed by atoms with Crippen molar-refractivity contribution in [2.45, 2.75) is 63.4 Å². The van der Waals surface area contributed by atoms with Crippen molar-refractivity contribution in [2.24, 2.45) is 23.2 Å². The molecule has 1 atom stereocenters. The molecule has 1 N–H and O–H groups in total. The van der Waals surface area contributed by atoms with Crippen molar-refractivity contribution >= 4 is 0 Å². The predicted octanol–water partition coefficient (Wildman–Crippen LogP) is 4.58. The van der Waals surface area contributed by atoms with Crippen molar-refractivity contribution in [3.05, 3.63) is 35.9 Å². The van der Waals surface area contributed by atoms with Crippen molar-refractivity contribution in [3.8, 4) is 0 Å². The number of rotatable bonds is 5. The topological polar surface area (TPSA) is 23.5 Å². The molecule has 5 fully saturated rings. The molecular formula is C23H33NO. The van der Waals surface area contributed by atoms with E-state index in [2.05, 4.69) is 35.2 Å². The van der Waals surface area contributed by atoms with Crippen LogP contribution in [-0.2, 0) is 5.60 Å². The predicted molar refractivity (Wildman–Crippen MR) is 101 cm³/mol. The normalized spacial score (nSPS) is 39.6. The van der Waals surface area contributed by atoms with Gasteiger partial charge in [-0.3, -0.25) is 0 Å². The lowest BCUT2D eigenvalue weighted by Gasteiger charge is -2.62. The van der Waals surface area contributed by atoms with E-state index in [1.807, 2.05) is 0 Å². The molecule has 1 saturated heterocycles. The second-order valence-electron chi connectivity index (χ2n) is 9.72. The van der Waals surface area contributed by atoms with Gasteiger partial charge in [0.15, 0.2) is 0 Å². The van der Waals surface area contributed by atoms with Gasteiger partial charge in [-0.2, -0.15) is 0 Å². The average molecular weight is 340 g/mol. The third-order valence-corrected chi connectivity index (χ3v) is 8.16. The van der Waals surface area contributed by atoms with Crippen LogP contribution in [0.25, 0.3) is 0 Å². The van der Waals surface area contributed by atoms with E-state index >= 15 is 0 Å². The SMILES string of the molecule is OC(CCN1CCCC1)(c1ccccc1)C12CC3CC(CC(C3)C1)C2. The van der Waals surface area contributed by atoms with Crippen molar-refractivity contribution in [3.63, 3.8) is 0 Å². The summed E-state index contributed by atoms with van der Waals surface area (Å²) < 4.78 is 0. The van der Waals surface area contributed by atoms with E-state index in [1.165, 1.54) is 70.0 Å². The first-order valence-electron chi connectivity index (χ1n) is 10.7. The molecule has 2 nitrogen and oxygen atoms in total. The second-order valence-corrected chi connectivity index (χ2v) is 9.72. The molecule has 0 radical (unpaired) electrons. The summed E-state index contributed by atoms with van der Waals surface area (Å²) in [6.45, 7) is 3.52. The molecule has 0 aromatic heterocycles. The van der Waals surface area contributed by atoms with E-state index in [9.17, 15) is 5.11 Å². The van der Waals surface area contributed by atoms with Gasteiger partial charge in [-0.05, 0) is 94.2 Å². The third kappa shape index (κ3) is 2.68. The number of nitrogens with zero attached hydrogens (tertiary/aromatic N) is 1. The Kier molecular flexibility index (Phi) is 3.98. The van der Waals surface area contributed by atoms with Gasteiger partial charge in [0.05, 0.1) is 5.60 Å². The monoisotopic (exact) mass is 339 g/mol. The molecule has 0 spiro atoms. The maximum absolute atomic E-state index is 12.3. The lowest BCUT2D eigenvalue weighted by molar-refractivity contribution is -0.189. The minimum absolute atomic E-state index is 0.142. The van der Waals surface area contributed by atoms with Crippen LogP contribution in [0, 0.1) is 23.2 Å². The van der Waals surface area contributed by atoms with Crippen LogP contribution in [0.4, 0.5) is 0 Å². The first kappa shape index (κ1) is 16.3. The molecule has 136 valence electrons. The van der Waals surface area contributed by atoms with Gasteiger partial charge in [0.1, 0.15) is 0 Å². The van der Waals surface area contributed by atoms with Gasteiger partial charge >= 0.3 is 0 Å². The first-order valence-corrected chi connectivity index (χ1v) is 10.7. The second kappa shape index (κ2) is 6.09. The van der Waals surface area contributed by atoms with Crippen LogP contribution in [0.2, 0.25) is 0 Å². The zero-order chi connectivity index (χ0) is 16.9. The molecule has 1 unspecified atom stereocenters. The maximum atomic E-state index is 12.3. The van der Waals surface area contributed by atoms with Crippen LogP contribution in [0.15, 0.2) is 30.3 Å². The third-order valence-electron chi connectivity index (χ3n) is 8.16. The van der Waals surface area contributed by atoms with Crippen molar-refractivity contribution in [2.75, 3.05) is 19.6 Å². The summed E-state index contributed by atoms with van der Waals surface area (Å²) in [6, 6.07) is 10.7. The Labute approximate surface area is 152 Å². The average Bonchev–Trinajstić information content (AvgIpc) is 3.13. The van der Waals surface area contributed by atoms with Gasteiger partial charge in [-0.15, -0.1) is 0 Å². The van der Waals surface area contributed by atoms with E-state index in [0.29, 0.717) is 0 Å². The maximum Gasteiger partial charge on any atom is 0.0964 e. The van der Waals surface area contributed by atoms with Crippen LogP contribution < -0.4 is 0 Å². The molecule has 4 bridgehead atoms. The summed E-state index contributed by atoms with van der Waals surface area (Å²) >= 11 is 0. The lowest BCUT2D eigenvalue weighted by atomic mass is 9.44. The molecule has 2 heteroatoms. The highest BCUT2D eigenvalue weighted by Gasteiger charge is 2.60. The summed E-state index contributed by atoms with van der Waals surface area (Å²) in [6.07, 6.45) is 11.7. The minimum Gasteiger partial charge on any atom is -0.385 e. The van der Waals surface area contributed by atoms with Gasteiger partial charge in [0.25, 0.3) is 0 Å². The Bertz CT molecular complexity index is 570. The molecule has 4 saturated carbocycles. The molecule has 4 aliphatic carbocycles. The van der Waals surface area contributed by atoms with E-state index in [0.717, 1.165) is 30.7 Å². The molecule has 0 amide bonds. The van der Waals surface area contributed by atoms with Crippen LogP contribution in [-0.4, -0.2) is 29.6 Å². The van der Waals surface area contributed by atoms with Crippen LogP contribution in [0.1, 0.15) is 63.4 Å². The highest BCUT2D eigenvalue weighted by atomic mass is 16.3. The van der Waals surface area contributed by atoms with Crippen molar-refractivity contribution in [1.82, 2.24) is 4.90 Å². The van der Waals surface area contributed by atoms with Crippen molar-refractivity contribution < 1.29 is 5.11 Å². The highest BCUT2D eigenvalue weighted by molar-refractivity contribution is 5.27. The van der Waals surface area contributed by atoms with E-state index in [4.69, 9.17) is 0 Å². The zero-order valence-corrected chi connectivity index (χ0v) is 15.5. The Balaban J connectivity index is 1.48. The van der Waals surface area contributed by atoms with Crippen LogP contribution in [0.5, 0.6) is 0 Å². The Morgan fingerprint density at radius 3 is 2.04 bits per heavy atom. The van der Waals surface area contributed by atoms with E-state index < -0.39 is 5.60 Å². The number of hydrogen-bond acceptors (Lipinski definition) is 2. The van der Waals surface area contributed by atoms with Gasteiger partial charge in [0, 0.05) is 12.0 Å². The van der Waals surface area contributed by atoms with Gasteiger partial charge in [-0.25, -0.2) is 0 Å². The first-order chi connectivity index (χ1) is 12.2. The Hall–Kier alpha value is -0.860. The fraction of sp³-hybridized carbons (Fsp3) is 0.739. The van der Waals surface area contributed by atoms with Gasteiger partial charge in [0.2, 0.25) is 0 Å². The fourth-order valence-corrected chi connectivity index (χ4v) is 7.37. The summed E-state index contributed by atoms with van der Waals surface area (Å²) in [5.74, 6) is 2.65. The number of aliphatic hydroxyl groups is 1. The molecule has 1 heterocycles. The van der Waals surface area contributed by atoms with Gasteiger partial charge < -0.3 is 10.0 Å². The molecular weight excluding hydrogens is 306 g/mol. The molecule has 1 aliphatic heterocycles. The summed E-state index contributed by atoms with van der Waals surface area (Å²) in [7, 11) is 0. The van der Waals surface area contributed by atoms with E-state index in [1.54, 1.807) is 0 Å². The lowest BCUT2D eigenvalue weighted by Crippen LogP contribution is -2.57. The number of likely N-dealkylation sites (tertiary alicyclic amines) is 1. The summed E-state index contributed by atoms with van der Waals surface area (Å²) in [5, 5.41) is 12.3. The van der Waals surface area contributed by atoms with Crippen LogP contribution >= 0.6 is 0 Å². The highest BCUT2D eigenvalue weighted by Crippen LogP contribution is 2.66. The minimum atomic E-state index is -0.632. The summed E-state index contributed by atoms with van der Waals surface area (Å²) in [4.78, 5) is 2.58. The molecule has 1 aromatic carbocycles. The standard InChI is InChI=1S/C23H33NO/c25-23(21-6-2-1-3-7-21,8-11-24-9-4-5-10-24)22-15-18-12-19(16-22)14-20(13-18)17-22/h1-3,6-7,18-20,25H,4-5,8-17H2. The van der Waals surface area contributed by atoms with Crippen molar-refractivity contribution in [1.29, 1.82) is 0 Å².